The Morgan fingerprint density at radius 3 is 2.41 bits per heavy atom. The minimum Gasteiger partial charge on any atom is -0.503 e. The fourth-order valence-corrected chi connectivity index (χ4v) is 3.29. The molecule has 27 heavy (non-hydrogen) atoms. The lowest BCUT2D eigenvalue weighted by molar-refractivity contribution is -0.129. The summed E-state index contributed by atoms with van der Waals surface area (Å²) in [7, 11) is 0. The van der Waals surface area contributed by atoms with Crippen LogP contribution in [0.2, 0.25) is 0 Å². The van der Waals surface area contributed by atoms with E-state index < -0.39 is 23.5 Å². The number of carbonyl (C=O) groups excluding carboxylic acids is 2. The van der Waals surface area contributed by atoms with Crippen LogP contribution >= 0.6 is 0 Å². The van der Waals surface area contributed by atoms with E-state index >= 15 is 0 Å². The minimum absolute atomic E-state index is 0.0297. The van der Waals surface area contributed by atoms with Gasteiger partial charge in [-0.3, -0.25) is 9.59 Å². The number of rotatable bonds is 6. The van der Waals surface area contributed by atoms with Crippen molar-refractivity contribution in [2.45, 2.75) is 12.5 Å². The molecule has 0 aliphatic carbocycles. The van der Waals surface area contributed by atoms with Crippen LogP contribution in [0.15, 0.2) is 87.3 Å². The number of benzene rings is 1. The first kappa shape index (κ1) is 16.9. The standard InChI is InChI=1S/C21H17NO5/c23-19(16-9-5-13-27-16)17-18(15-8-4-12-26-15)22(21(25)20(17)24)11-10-14-6-2-1-3-7-14/h1-9,12-13,18,24H,10-11H2. The van der Waals surface area contributed by atoms with Crippen LogP contribution in [0.25, 0.3) is 0 Å². The lowest BCUT2D eigenvalue weighted by Crippen LogP contribution is -2.32. The number of hydrogen-bond acceptors (Lipinski definition) is 5. The summed E-state index contributed by atoms with van der Waals surface area (Å²) in [5, 5.41) is 10.4. The van der Waals surface area contributed by atoms with E-state index in [1.165, 1.54) is 23.5 Å². The van der Waals surface area contributed by atoms with Crippen molar-refractivity contribution in [3.05, 3.63) is 95.5 Å². The Labute approximate surface area is 155 Å². The second kappa shape index (κ2) is 6.99. The van der Waals surface area contributed by atoms with Crippen LogP contribution in [0.1, 0.15) is 27.9 Å². The van der Waals surface area contributed by atoms with Crippen molar-refractivity contribution in [1.29, 1.82) is 0 Å². The first-order valence-corrected chi connectivity index (χ1v) is 8.56. The van der Waals surface area contributed by atoms with Crippen molar-refractivity contribution in [2.24, 2.45) is 0 Å². The van der Waals surface area contributed by atoms with Gasteiger partial charge in [0.1, 0.15) is 11.8 Å². The van der Waals surface area contributed by atoms with Crippen LogP contribution in [0.3, 0.4) is 0 Å². The van der Waals surface area contributed by atoms with Crippen LogP contribution in [-0.2, 0) is 11.2 Å². The predicted molar refractivity (Wildman–Crippen MR) is 96.0 cm³/mol. The summed E-state index contributed by atoms with van der Waals surface area (Å²) in [6.45, 7) is 0.327. The number of ketones is 1. The van der Waals surface area contributed by atoms with E-state index in [2.05, 4.69) is 0 Å². The zero-order chi connectivity index (χ0) is 18.8. The van der Waals surface area contributed by atoms with Crippen molar-refractivity contribution in [3.8, 4) is 0 Å². The van der Waals surface area contributed by atoms with Crippen molar-refractivity contribution < 1.29 is 23.5 Å². The fraction of sp³-hybridized carbons (Fsp3) is 0.143. The second-order valence-corrected chi connectivity index (χ2v) is 6.22. The third kappa shape index (κ3) is 3.06. The lowest BCUT2D eigenvalue weighted by Gasteiger charge is -2.24. The van der Waals surface area contributed by atoms with Gasteiger partial charge in [0, 0.05) is 6.54 Å². The quantitative estimate of drug-likeness (QED) is 0.675. The average molecular weight is 363 g/mol. The van der Waals surface area contributed by atoms with Gasteiger partial charge in [-0.25, -0.2) is 0 Å². The van der Waals surface area contributed by atoms with E-state index in [0.717, 1.165) is 5.56 Å². The van der Waals surface area contributed by atoms with Crippen LogP contribution in [0.5, 0.6) is 0 Å². The van der Waals surface area contributed by atoms with Crippen LogP contribution in [-0.4, -0.2) is 28.2 Å². The van der Waals surface area contributed by atoms with Gasteiger partial charge < -0.3 is 18.8 Å². The van der Waals surface area contributed by atoms with E-state index in [-0.39, 0.29) is 11.3 Å². The maximum absolute atomic E-state index is 12.9. The van der Waals surface area contributed by atoms with Gasteiger partial charge in [-0.2, -0.15) is 0 Å². The van der Waals surface area contributed by atoms with Gasteiger partial charge in [0.25, 0.3) is 5.91 Å². The molecule has 3 heterocycles. The molecule has 0 radical (unpaired) electrons. The minimum atomic E-state index is -0.797. The highest BCUT2D eigenvalue weighted by Gasteiger charge is 2.45. The van der Waals surface area contributed by atoms with Gasteiger partial charge in [0.2, 0.25) is 5.78 Å². The Kier molecular flexibility index (Phi) is 4.38. The summed E-state index contributed by atoms with van der Waals surface area (Å²) in [6.07, 6.45) is 3.43. The molecule has 1 aliphatic rings. The van der Waals surface area contributed by atoms with Gasteiger partial charge in [0.05, 0.1) is 18.1 Å². The van der Waals surface area contributed by atoms with E-state index in [4.69, 9.17) is 8.83 Å². The number of amides is 1. The molecule has 1 atom stereocenters. The van der Waals surface area contributed by atoms with E-state index in [0.29, 0.717) is 18.7 Å². The molecule has 0 fully saturated rings. The molecule has 0 saturated carbocycles. The number of Topliss-reactive ketones (excluding diaryl/α,β-unsaturated/α-hetero) is 1. The molecule has 0 spiro atoms. The Morgan fingerprint density at radius 2 is 1.74 bits per heavy atom. The molecular formula is C21H17NO5. The molecular weight excluding hydrogens is 346 g/mol. The van der Waals surface area contributed by atoms with Crippen LogP contribution in [0.4, 0.5) is 0 Å². The molecule has 1 amide bonds. The SMILES string of the molecule is O=C(C1=C(O)C(=O)N(CCc2ccccc2)C1c1ccco1)c1ccco1. The number of hydrogen-bond donors (Lipinski definition) is 1. The first-order chi connectivity index (χ1) is 13.2. The molecule has 1 unspecified atom stereocenters. The molecule has 1 N–H and O–H groups in total. The largest absolute Gasteiger partial charge is 0.503 e. The number of aliphatic hydroxyl groups is 1. The van der Waals surface area contributed by atoms with Gasteiger partial charge >= 0.3 is 0 Å². The van der Waals surface area contributed by atoms with Crippen molar-refractivity contribution in [1.82, 2.24) is 4.90 Å². The van der Waals surface area contributed by atoms with Gasteiger partial charge in [0.15, 0.2) is 11.5 Å². The normalized spacial score (nSPS) is 17.0. The van der Waals surface area contributed by atoms with Crippen molar-refractivity contribution in [2.75, 3.05) is 6.54 Å². The third-order valence-electron chi connectivity index (χ3n) is 4.59. The summed E-state index contributed by atoms with van der Waals surface area (Å²) in [5.74, 6) is -1.22. The monoisotopic (exact) mass is 363 g/mol. The Morgan fingerprint density at radius 1 is 1.00 bits per heavy atom. The second-order valence-electron chi connectivity index (χ2n) is 6.22. The van der Waals surface area contributed by atoms with Crippen molar-refractivity contribution >= 4 is 11.7 Å². The molecule has 136 valence electrons. The predicted octanol–water partition coefficient (Wildman–Crippen LogP) is 3.69. The number of furan rings is 2. The zero-order valence-electron chi connectivity index (χ0n) is 14.4. The molecule has 6 nitrogen and oxygen atoms in total. The Balaban J connectivity index is 1.68. The van der Waals surface area contributed by atoms with Gasteiger partial charge in [-0.1, -0.05) is 30.3 Å². The van der Waals surface area contributed by atoms with Gasteiger partial charge in [-0.15, -0.1) is 0 Å². The Bertz CT molecular complexity index is 971. The summed E-state index contributed by atoms with van der Waals surface area (Å²) < 4.78 is 10.6. The smallest absolute Gasteiger partial charge is 0.290 e. The summed E-state index contributed by atoms with van der Waals surface area (Å²) in [4.78, 5) is 27.0. The molecule has 0 bridgehead atoms. The van der Waals surface area contributed by atoms with Gasteiger partial charge in [-0.05, 0) is 36.2 Å². The van der Waals surface area contributed by atoms with E-state index in [1.807, 2.05) is 30.3 Å². The first-order valence-electron chi connectivity index (χ1n) is 8.56. The van der Waals surface area contributed by atoms with Crippen molar-refractivity contribution in [3.63, 3.8) is 0 Å². The number of aliphatic hydroxyl groups excluding tert-OH is 1. The highest BCUT2D eigenvalue weighted by molar-refractivity contribution is 6.14. The molecule has 4 rings (SSSR count). The topological polar surface area (TPSA) is 83.9 Å². The van der Waals surface area contributed by atoms with E-state index in [9.17, 15) is 14.7 Å². The molecule has 0 saturated heterocycles. The van der Waals surface area contributed by atoms with E-state index in [1.54, 1.807) is 18.2 Å². The lowest BCUT2D eigenvalue weighted by atomic mass is 9.99. The highest BCUT2D eigenvalue weighted by atomic mass is 16.3. The highest BCUT2D eigenvalue weighted by Crippen LogP contribution is 2.39. The number of carbonyl (C=O) groups is 2. The summed E-state index contributed by atoms with van der Waals surface area (Å²) in [6, 6.07) is 15.3. The molecule has 2 aromatic heterocycles. The molecule has 3 aromatic rings. The maximum atomic E-state index is 12.9. The molecule has 6 heteroatoms. The summed E-state index contributed by atoms with van der Waals surface area (Å²) >= 11 is 0. The summed E-state index contributed by atoms with van der Waals surface area (Å²) in [5.41, 5.74) is 1.02. The average Bonchev–Trinajstić information content (AvgIpc) is 3.43. The molecule has 1 aliphatic heterocycles. The maximum Gasteiger partial charge on any atom is 0.290 e. The number of nitrogens with zero attached hydrogens (tertiary/aromatic N) is 1. The third-order valence-corrected chi connectivity index (χ3v) is 4.59. The zero-order valence-corrected chi connectivity index (χ0v) is 14.4. The Hall–Kier alpha value is -3.54. The van der Waals surface area contributed by atoms with Crippen LogP contribution < -0.4 is 0 Å². The van der Waals surface area contributed by atoms with Crippen LogP contribution in [0, 0.1) is 0 Å². The molecule has 1 aromatic carbocycles. The fourth-order valence-electron chi connectivity index (χ4n) is 3.29.